The molecule has 0 saturated carbocycles. The summed E-state index contributed by atoms with van der Waals surface area (Å²) >= 11 is 9.07. The van der Waals surface area contributed by atoms with Crippen LogP contribution >= 0.6 is 34.7 Å². The van der Waals surface area contributed by atoms with Gasteiger partial charge in [0.25, 0.3) is 0 Å². The van der Waals surface area contributed by atoms with Gasteiger partial charge in [0.1, 0.15) is 5.03 Å². The molecule has 1 N–H and O–H groups in total. The summed E-state index contributed by atoms with van der Waals surface area (Å²) in [5, 5.41) is 6.33. The Morgan fingerprint density at radius 3 is 3.06 bits per heavy atom. The van der Waals surface area contributed by atoms with Crippen molar-refractivity contribution in [3.8, 4) is 0 Å². The fourth-order valence-corrected chi connectivity index (χ4v) is 2.81. The quantitative estimate of drug-likeness (QED) is 0.852. The van der Waals surface area contributed by atoms with Gasteiger partial charge in [-0.05, 0) is 18.2 Å². The van der Waals surface area contributed by atoms with E-state index in [2.05, 4.69) is 27.2 Å². The fraction of sp³-hybridized carbons (Fsp3) is 0.300. The lowest BCUT2D eigenvalue weighted by atomic mass is 10.5. The molecule has 2 aromatic rings. The number of anilines is 1. The van der Waals surface area contributed by atoms with Gasteiger partial charge in [-0.2, -0.15) is 0 Å². The first-order valence-corrected chi connectivity index (χ1v) is 7.20. The molecule has 90 valence electrons. The molecular weight excluding hydrogens is 276 g/mol. The maximum Gasteiger partial charge on any atom is 0.223 e. The zero-order valence-electron chi connectivity index (χ0n) is 9.18. The molecule has 0 amide bonds. The molecular formula is C10H11ClN4S2. The first-order chi connectivity index (χ1) is 8.29. The number of nitrogens with zero attached hydrogens (tertiary/aromatic N) is 3. The van der Waals surface area contributed by atoms with Crippen LogP contribution in [0.1, 0.15) is 13.3 Å². The maximum absolute atomic E-state index is 6.05. The molecule has 2 rings (SSSR count). The van der Waals surface area contributed by atoms with E-state index >= 15 is 0 Å². The lowest BCUT2D eigenvalue weighted by Crippen LogP contribution is -2.04. The van der Waals surface area contributed by atoms with Gasteiger partial charge in [0.2, 0.25) is 5.95 Å². The molecule has 17 heavy (non-hydrogen) atoms. The van der Waals surface area contributed by atoms with E-state index in [1.807, 2.05) is 5.38 Å². The van der Waals surface area contributed by atoms with Crippen molar-refractivity contribution in [1.29, 1.82) is 0 Å². The normalized spacial score (nSPS) is 10.5. The number of hydrogen-bond donors (Lipinski definition) is 1. The Bertz CT molecular complexity index is 475. The molecule has 0 aliphatic heterocycles. The minimum Gasteiger partial charge on any atom is -0.354 e. The number of halogens is 1. The number of hydrogen-bond acceptors (Lipinski definition) is 6. The predicted molar refractivity (Wildman–Crippen MR) is 72.1 cm³/mol. The second-order valence-electron chi connectivity index (χ2n) is 3.17. The van der Waals surface area contributed by atoms with Crippen LogP contribution in [0.2, 0.25) is 5.02 Å². The SMILES string of the molecule is CCCNc1ncc(Cl)c(Sc2nccs2)n1. The Hall–Kier alpha value is -0.850. The van der Waals surface area contributed by atoms with Gasteiger partial charge in [0.05, 0.1) is 11.2 Å². The topological polar surface area (TPSA) is 50.7 Å². The van der Waals surface area contributed by atoms with Crippen LogP contribution in [0.4, 0.5) is 5.95 Å². The van der Waals surface area contributed by atoms with Gasteiger partial charge >= 0.3 is 0 Å². The molecule has 0 radical (unpaired) electrons. The summed E-state index contributed by atoms with van der Waals surface area (Å²) in [4.78, 5) is 12.7. The van der Waals surface area contributed by atoms with Crippen LogP contribution in [-0.2, 0) is 0 Å². The van der Waals surface area contributed by atoms with Gasteiger partial charge in [-0.25, -0.2) is 15.0 Å². The Balaban J connectivity index is 2.14. The monoisotopic (exact) mass is 286 g/mol. The van der Waals surface area contributed by atoms with Crippen LogP contribution < -0.4 is 5.32 Å². The summed E-state index contributed by atoms with van der Waals surface area (Å²) in [6.45, 7) is 2.94. The zero-order chi connectivity index (χ0) is 12.1. The third kappa shape index (κ3) is 3.55. The summed E-state index contributed by atoms with van der Waals surface area (Å²) in [7, 11) is 0. The molecule has 4 nitrogen and oxygen atoms in total. The van der Waals surface area contributed by atoms with E-state index in [0.717, 1.165) is 22.3 Å². The average Bonchev–Trinajstić information content (AvgIpc) is 2.83. The second-order valence-corrected chi connectivity index (χ2v) is 5.71. The fourth-order valence-electron chi connectivity index (χ4n) is 1.09. The molecule has 0 aromatic carbocycles. The lowest BCUT2D eigenvalue weighted by Gasteiger charge is -2.05. The lowest BCUT2D eigenvalue weighted by molar-refractivity contribution is 0.935. The smallest absolute Gasteiger partial charge is 0.223 e. The van der Waals surface area contributed by atoms with Gasteiger partial charge in [0.15, 0.2) is 4.34 Å². The van der Waals surface area contributed by atoms with Gasteiger partial charge in [-0.15, -0.1) is 11.3 Å². The molecule has 2 aromatic heterocycles. The van der Waals surface area contributed by atoms with Crippen molar-refractivity contribution in [3.63, 3.8) is 0 Å². The standard InChI is InChI=1S/C10H11ClN4S2/c1-2-3-12-9-14-6-7(11)8(15-9)17-10-13-4-5-16-10/h4-6H,2-3H2,1H3,(H,12,14,15). The zero-order valence-corrected chi connectivity index (χ0v) is 11.6. The van der Waals surface area contributed by atoms with Crippen LogP contribution in [0, 0.1) is 0 Å². The van der Waals surface area contributed by atoms with Crippen molar-refractivity contribution >= 4 is 40.6 Å². The number of nitrogens with one attached hydrogen (secondary N) is 1. The second kappa shape index (κ2) is 6.18. The molecule has 0 fully saturated rings. The predicted octanol–water partition coefficient (Wildman–Crippen LogP) is 3.56. The molecule has 0 unspecified atom stereocenters. The number of aromatic nitrogens is 3. The number of rotatable bonds is 5. The Kier molecular flexibility index (Phi) is 4.58. The summed E-state index contributed by atoms with van der Waals surface area (Å²) in [6, 6.07) is 0. The molecule has 0 saturated heterocycles. The average molecular weight is 287 g/mol. The molecule has 0 bridgehead atoms. The third-order valence-electron chi connectivity index (χ3n) is 1.84. The first kappa shape index (κ1) is 12.6. The highest BCUT2D eigenvalue weighted by atomic mass is 35.5. The summed E-state index contributed by atoms with van der Waals surface area (Å²) in [5.74, 6) is 0.607. The molecule has 2 heterocycles. The molecule has 0 spiro atoms. The first-order valence-electron chi connectivity index (χ1n) is 5.13. The maximum atomic E-state index is 6.05. The Morgan fingerprint density at radius 1 is 1.47 bits per heavy atom. The summed E-state index contributed by atoms with van der Waals surface area (Å²) in [5.41, 5.74) is 0. The van der Waals surface area contributed by atoms with Gasteiger partial charge in [-0.1, -0.05) is 18.5 Å². The molecule has 7 heteroatoms. The molecule has 0 aliphatic rings. The van der Waals surface area contributed by atoms with Crippen molar-refractivity contribution in [2.24, 2.45) is 0 Å². The van der Waals surface area contributed by atoms with Crippen LogP contribution in [0.3, 0.4) is 0 Å². The van der Waals surface area contributed by atoms with Crippen LogP contribution in [0.15, 0.2) is 27.1 Å². The Morgan fingerprint density at radius 2 is 2.35 bits per heavy atom. The van der Waals surface area contributed by atoms with Gasteiger partial charge < -0.3 is 5.32 Å². The minimum absolute atomic E-state index is 0.548. The van der Waals surface area contributed by atoms with Crippen molar-refractivity contribution in [1.82, 2.24) is 15.0 Å². The van der Waals surface area contributed by atoms with Crippen LogP contribution in [0.5, 0.6) is 0 Å². The summed E-state index contributed by atoms with van der Waals surface area (Å²) in [6.07, 6.45) is 4.40. The van der Waals surface area contributed by atoms with Crippen LogP contribution in [0.25, 0.3) is 0 Å². The highest BCUT2D eigenvalue weighted by Gasteiger charge is 2.08. The summed E-state index contributed by atoms with van der Waals surface area (Å²) < 4.78 is 0.923. The van der Waals surface area contributed by atoms with E-state index in [1.54, 1.807) is 23.7 Å². The van der Waals surface area contributed by atoms with Crippen LogP contribution in [-0.4, -0.2) is 21.5 Å². The van der Waals surface area contributed by atoms with E-state index in [1.165, 1.54) is 11.8 Å². The Labute approximate surface area is 113 Å². The van der Waals surface area contributed by atoms with E-state index in [9.17, 15) is 0 Å². The minimum atomic E-state index is 0.548. The van der Waals surface area contributed by atoms with Gasteiger partial charge in [0, 0.05) is 18.1 Å². The van der Waals surface area contributed by atoms with E-state index in [4.69, 9.17) is 11.6 Å². The number of thiazole rings is 1. The highest BCUT2D eigenvalue weighted by Crippen LogP contribution is 2.32. The van der Waals surface area contributed by atoms with Crippen molar-refractivity contribution < 1.29 is 0 Å². The van der Waals surface area contributed by atoms with E-state index in [-0.39, 0.29) is 0 Å². The third-order valence-corrected chi connectivity index (χ3v) is 4.12. The van der Waals surface area contributed by atoms with E-state index < -0.39 is 0 Å². The molecule has 0 atom stereocenters. The van der Waals surface area contributed by atoms with Crippen molar-refractivity contribution in [2.75, 3.05) is 11.9 Å². The largest absolute Gasteiger partial charge is 0.354 e. The molecule has 0 aliphatic carbocycles. The highest BCUT2D eigenvalue weighted by molar-refractivity contribution is 8.01. The van der Waals surface area contributed by atoms with Crippen molar-refractivity contribution in [3.05, 3.63) is 22.8 Å². The van der Waals surface area contributed by atoms with E-state index in [0.29, 0.717) is 11.0 Å². The van der Waals surface area contributed by atoms with Gasteiger partial charge in [-0.3, -0.25) is 0 Å². The van der Waals surface area contributed by atoms with Crippen molar-refractivity contribution in [2.45, 2.75) is 22.7 Å².